The van der Waals surface area contributed by atoms with Crippen LogP contribution in [0.1, 0.15) is 11.1 Å². The summed E-state index contributed by atoms with van der Waals surface area (Å²) in [6.07, 6.45) is 0.819. The Kier molecular flexibility index (Phi) is 6.89. The molecule has 0 aliphatic carbocycles. The summed E-state index contributed by atoms with van der Waals surface area (Å²) >= 11 is 5.36. The lowest BCUT2D eigenvalue weighted by molar-refractivity contribution is 0.354. The maximum atomic E-state index is 5.37. The maximum Gasteiger partial charge on any atom is 0.170 e. The molecule has 0 unspecified atom stereocenters. The van der Waals surface area contributed by atoms with Gasteiger partial charge in [-0.2, -0.15) is 0 Å². The molecule has 0 aliphatic heterocycles. The van der Waals surface area contributed by atoms with E-state index in [4.69, 9.17) is 26.4 Å². The molecule has 2 rings (SSSR count). The van der Waals surface area contributed by atoms with Gasteiger partial charge in [0.05, 0.1) is 27.0 Å². The van der Waals surface area contributed by atoms with E-state index in [1.807, 2.05) is 36.4 Å². The van der Waals surface area contributed by atoms with Crippen LogP contribution < -0.4 is 24.8 Å². The molecule has 0 fully saturated rings. The largest absolute Gasteiger partial charge is 0.495 e. The van der Waals surface area contributed by atoms with Crippen LogP contribution >= 0.6 is 12.2 Å². The van der Waals surface area contributed by atoms with Gasteiger partial charge < -0.3 is 24.8 Å². The summed E-state index contributed by atoms with van der Waals surface area (Å²) in [7, 11) is 4.92. The Labute approximate surface area is 154 Å². The molecule has 0 aliphatic rings. The van der Waals surface area contributed by atoms with Crippen LogP contribution in [0, 0.1) is 6.92 Å². The van der Waals surface area contributed by atoms with Crippen molar-refractivity contribution in [2.24, 2.45) is 0 Å². The average Bonchev–Trinajstić information content (AvgIpc) is 2.63. The molecule has 0 amide bonds. The standard InChI is InChI=1S/C19H24N2O3S/c1-13-11-17(23-3)18(24-4)12-14(13)9-10-20-19(25)21-15-7-5-6-8-16(15)22-2/h5-8,11-12H,9-10H2,1-4H3,(H2,20,21,25). The van der Waals surface area contributed by atoms with Gasteiger partial charge in [-0.1, -0.05) is 12.1 Å². The first-order valence-corrected chi connectivity index (χ1v) is 8.39. The fourth-order valence-corrected chi connectivity index (χ4v) is 2.73. The Morgan fingerprint density at radius 2 is 1.60 bits per heavy atom. The van der Waals surface area contributed by atoms with E-state index < -0.39 is 0 Å². The fourth-order valence-electron chi connectivity index (χ4n) is 2.52. The second kappa shape index (κ2) is 9.13. The lowest BCUT2D eigenvalue weighted by atomic mass is 10.0. The molecule has 0 aromatic heterocycles. The Balaban J connectivity index is 1.93. The summed E-state index contributed by atoms with van der Waals surface area (Å²) in [5.41, 5.74) is 3.18. The number of nitrogens with one attached hydrogen (secondary N) is 2. The SMILES string of the molecule is COc1ccccc1NC(=S)NCCc1cc(OC)c(OC)cc1C. The van der Waals surface area contributed by atoms with Crippen molar-refractivity contribution in [1.29, 1.82) is 0 Å². The summed E-state index contributed by atoms with van der Waals surface area (Å²) in [6.45, 7) is 2.76. The highest BCUT2D eigenvalue weighted by atomic mass is 32.1. The third kappa shape index (κ3) is 5.00. The number of hydrogen-bond donors (Lipinski definition) is 2. The van der Waals surface area contributed by atoms with Crippen molar-refractivity contribution in [1.82, 2.24) is 5.32 Å². The second-order valence-corrected chi connectivity index (χ2v) is 5.87. The van der Waals surface area contributed by atoms with Gasteiger partial charge in [0.1, 0.15) is 5.75 Å². The number of hydrogen-bond acceptors (Lipinski definition) is 4. The summed E-state index contributed by atoms with van der Waals surface area (Å²) < 4.78 is 16.0. The maximum absolute atomic E-state index is 5.37. The van der Waals surface area contributed by atoms with Crippen LogP contribution in [-0.2, 0) is 6.42 Å². The number of ether oxygens (including phenoxy) is 3. The van der Waals surface area contributed by atoms with Gasteiger partial charge in [0.15, 0.2) is 16.6 Å². The first kappa shape index (κ1) is 18.9. The highest BCUT2D eigenvalue weighted by Gasteiger charge is 2.09. The molecule has 0 spiro atoms. The zero-order valence-corrected chi connectivity index (χ0v) is 15.8. The average molecular weight is 360 g/mol. The molecule has 25 heavy (non-hydrogen) atoms. The minimum atomic E-state index is 0.558. The molecule has 2 N–H and O–H groups in total. The van der Waals surface area contributed by atoms with Gasteiger partial charge in [0, 0.05) is 6.54 Å². The van der Waals surface area contributed by atoms with Gasteiger partial charge >= 0.3 is 0 Å². The lowest BCUT2D eigenvalue weighted by Gasteiger charge is -2.15. The van der Waals surface area contributed by atoms with Crippen molar-refractivity contribution in [3.8, 4) is 17.2 Å². The van der Waals surface area contributed by atoms with Crippen LogP contribution in [0.25, 0.3) is 0 Å². The summed E-state index contributed by atoms with van der Waals surface area (Å²) in [5, 5.41) is 6.93. The third-order valence-electron chi connectivity index (χ3n) is 3.88. The smallest absolute Gasteiger partial charge is 0.170 e. The first-order chi connectivity index (χ1) is 12.1. The molecule has 0 saturated heterocycles. The van der Waals surface area contributed by atoms with Gasteiger partial charge in [-0.05, 0) is 61.0 Å². The molecular weight excluding hydrogens is 336 g/mol. The molecule has 2 aromatic rings. The number of thiocarbonyl (C=S) groups is 1. The van der Waals surface area contributed by atoms with E-state index in [1.54, 1.807) is 21.3 Å². The summed E-state index contributed by atoms with van der Waals surface area (Å²) in [5.74, 6) is 2.23. The van der Waals surface area contributed by atoms with Crippen LogP contribution in [0.5, 0.6) is 17.2 Å². The number of rotatable bonds is 7. The molecule has 2 aromatic carbocycles. The van der Waals surface area contributed by atoms with E-state index in [0.29, 0.717) is 11.7 Å². The molecular formula is C19H24N2O3S. The van der Waals surface area contributed by atoms with Crippen LogP contribution in [0.3, 0.4) is 0 Å². The Hall–Kier alpha value is -2.47. The van der Waals surface area contributed by atoms with Crippen molar-refractivity contribution >= 4 is 23.0 Å². The lowest BCUT2D eigenvalue weighted by Crippen LogP contribution is -2.30. The van der Waals surface area contributed by atoms with Gasteiger partial charge in [-0.15, -0.1) is 0 Å². The molecule has 0 radical (unpaired) electrons. The van der Waals surface area contributed by atoms with E-state index in [0.717, 1.165) is 34.9 Å². The molecule has 0 atom stereocenters. The second-order valence-electron chi connectivity index (χ2n) is 5.46. The number of aryl methyl sites for hydroxylation is 1. The number of para-hydroxylation sites is 2. The molecule has 6 heteroatoms. The molecule has 0 heterocycles. The Morgan fingerprint density at radius 3 is 2.28 bits per heavy atom. The van der Waals surface area contributed by atoms with Crippen LogP contribution in [-0.4, -0.2) is 33.0 Å². The molecule has 0 saturated carbocycles. The van der Waals surface area contributed by atoms with Crippen LogP contribution in [0.4, 0.5) is 5.69 Å². The number of methoxy groups -OCH3 is 3. The summed E-state index contributed by atoms with van der Waals surface area (Å²) in [6, 6.07) is 11.6. The van der Waals surface area contributed by atoms with Gasteiger partial charge in [-0.25, -0.2) is 0 Å². The fraction of sp³-hybridized carbons (Fsp3) is 0.316. The molecule has 5 nitrogen and oxygen atoms in total. The van der Waals surface area contributed by atoms with E-state index in [2.05, 4.69) is 17.6 Å². The van der Waals surface area contributed by atoms with Crippen molar-refractivity contribution in [2.75, 3.05) is 33.2 Å². The van der Waals surface area contributed by atoms with E-state index in [1.165, 1.54) is 5.56 Å². The van der Waals surface area contributed by atoms with Crippen molar-refractivity contribution in [2.45, 2.75) is 13.3 Å². The predicted molar refractivity (Wildman–Crippen MR) is 105 cm³/mol. The zero-order valence-electron chi connectivity index (χ0n) is 15.0. The topological polar surface area (TPSA) is 51.8 Å². The monoisotopic (exact) mass is 360 g/mol. The van der Waals surface area contributed by atoms with Crippen molar-refractivity contribution in [3.63, 3.8) is 0 Å². The summed E-state index contributed by atoms with van der Waals surface area (Å²) in [4.78, 5) is 0. The number of benzene rings is 2. The van der Waals surface area contributed by atoms with E-state index in [-0.39, 0.29) is 0 Å². The zero-order chi connectivity index (χ0) is 18.2. The normalized spacial score (nSPS) is 10.1. The van der Waals surface area contributed by atoms with Crippen LogP contribution in [0.2, 0.25) is 0 Å². The molecule has 0 bridgehead atoms. The van der Waals surface area contributed by atoms with E-state index >= 15 is 0 Å². The highest BCUT2D eigenvalue weighted by Crippen LogP contribution is 2.30. The van der Waals surface area contributed by atoms with Gasteiger partial charge in [0.2, 0.25) is 0 Å². The van der Waals surface area contributed by atoms with Crippen LogP contribution in [0.15, 0.2) is 36.4 Å². The number of anilines is 1. The highest BCUT2D eigenvalue weighted by molar-refractivity contribution is 7.80. The van der Waals surface area contributed by atoms with Crippen molar-refractivity contribution < 1.29 is 14.2 Å². The van der Waals surface area contributed by atoms with Crippen molar-refractivity contribution in [3.05, 3.63) is 47.5 Å². The third-order valence-corrected chi connectivity index (χ3v) is 4.12. The predicted octanol–water partition coefficient (Wildman–Crippen LogP) is 3.55. The minimum absolute atomic E-state index is 0.558. The van der Waals surface area contributed by atoms with Gasteiger partial charge in [-0.3, -0.25) is 0 Å². The first-order valence-electron chi connectivity index (χ1n) is 7.98. The van der Waals surface area contributed by atoms with E-state index in [9.17, 15) is 0 Å². The molecule has 134 valence electrons. The Bertz CT molecular complexity index is 735. The minimum Gasteiger partial charge on any atom is -0.495 e. The Morgan fingerprint density at radius 1 is 0.960 bits per heavy atom. The quantitative estimate of drug-likeness (QED) is 0.737. The van der Waals surface area contributed by atoms with Gasteiger partial charge in [0.25, 0.3) is 0 Å².